The second-order valence-corrected chi connectivity index (χ2v) is 2.99. The van der Waals surface area contributed by atoms with Crippen molar-refractivity contribution in [2.75, 3.05) is 18.6 Å². The lowest BCUT2D eigenvalue weighted by molar-refractivity contribution is 0.608. The van der Waals surface area contributed by atoms with Crippen LogP contribution in [0.5, 0.6) is 0 Å². The van der Waals surface area contributed by atoms with Crippen LogP contribution in [0.1, 0.15) is 5.56 Å². The third kappa shape index (κ3) is 1.16. The van der Waals surface area contributed by atoms with Crippen molar-refractivity contribution in [3.8, 4) is 0 Å². The number of rotatable bonds is 0. The van der Waals surface area contributed by atoms with Gasteiger partial charge < -0.3 is 5.01 Å². The highest BCUT2D eigenvalue weighted by molar-refractivity contribution is 5.53. The molecule has 0 saturated heterocycles. The Kier molecular flexibility index (Phi) is 1.73. The second kappa shape index (κ2) is 2.75. The van der Waals surface area contributed by atoms with Crippen LogP contribution in [0, 0.1) is 5.82 Å². The highest BCUT2D eigenvalue weighted by Crippen LogP contribution is 2.22. The van der Waals surface area contributed by atoms with E-state index >= 15 is 0 Å². The fraction of sp³-hybridized carbons (Fsp3) is 0.333. The summed E-state index contributed by atoms with van der Waals surface area (Å²) in [5.41, 5.74) is 5.32. The first kappa shape index (κ1) is 7.55. The summed E-state index contributed by atoms with van der Waals surface area (Å²) in [6.07, 6.45) is 0.900. The molecule has 1 heterocycles. The summed E-state index contributed by atoms with van der Waals surface area (Å²) in [7, 11) is 1.94. The third-order valence-corrected chi connectivity index (χ3v) is 2.15. The van der Waals surface area contributed by atoms with Gasteiger partial charge in [0.1, 0.15) is 5.82 Å². The van der Waals surface area contributed by atoms with E-state index < -0.39 is 0 Å². The van der Waals surface area contributed by atoms with Gasteiger partial charge in [-0.1, -0.05) is 0 Å². The molecule has 1 aliphatic heterocycles. The summed E-state index contributed by atoms with van der Waals surface area (Å²) in [5.74, 6) is -0.149. The first-order chi connectivity index (χ1) is 5.77. The third-order valence-electron chi connectivity index (χ3n) is 2.15. The molecular weight excluding hydrogens is 155 g/mol. The standard InChI is InChI=1S/C9H11FN2/c1-12-9-3-2-8(10)6-7(9)4-5-11-12/h2-3,6,11H,4-5H2,1H3. The molecule has 2 rings (SSSR count). The monoisotopic (exact) mass is 166 g/mol. The van der Waals surface area contributed by atoms with Crippen LogP contribution in [0.15, 0.2) is 18.2 Å². The summed E-state index contributed by atoms with van der Waals surface area (Å²) in [6, 6.07) is 4.89. The van der Waals surface area contributed by atoms with E-state index in [0.717, 1.165) is 24.2 Å². The fourth-order valence-electron chi connectivity index (χ4n) is 1.52. The molecule has 12 heavy (non-hydrogen) atoms. The Morgan fingerprint density at radius 1 is 1.50 bits per heavy atom. The van der Waals surface area contributed by atoms with Gasteiger partial charge in [0.25, 0.3) is 0 Å². The van der Waals surface area contributed by atoms with E-state index in [0.29, 0.717) is 0 Å². The van der Waals surface area contributed by atoms with E-state index in [-0.39, 0.29) is 5.82 Å². The van der Waals surface area contributed by atoms with Gasteiger partial charge >= 0.3 is 0 Å². The minimum Gasteiger partial charge on any atom is -0.311 e. The van der Waals surface area contributed by atoms with Crippen LogP contribution in [0.3, 0.4) is 0 Å². The van der Waals surface area contributed by atoms with Crippen LogP contribution in [0.25, 0.3) is 0 Å². The molecule has 2 nitrogen and oxygen atoms in total. The first-order valence-corrected chi connectivity index (χ1v) is 4.03. The lowest BCUT2D eigenvalue weighted by atomic mass is 10.1. The highest BCUT2D eigenvalue weighted by atomic mass is 19.1. The van der Waals surface area contributed by atoms with Crippen molar-refractivity contribution >= 4 is 5.69 Å². The van der Waals surface area contributed by atoms with Gasteiger partial charge in [0.05, 0.1) is 5.69 Å². The Morgan fingerprint density at radius 3 is 3.17 bits per heavy atom. The van der Waals surface area contributed by atoms with Gasteiger partial charge in [-0.05, 0) is 30.2 Å². The number of hydrogen-bond acceptors (Lipinski definition) is 2. The average Bonchev–Trinajstić information content (AvgIpc) is 2.04. The van der Waals surface area contributed by atoms with Crippen molar-refractivity contribution < 1.29 is 4.39 Å². The number of anilines is 1. The van der Waals surface area contributed by atoms with Gasteiger partial charge in [-0.3, -0.25) is 0 Å². The number of hydrogen-bond donors (Lipinski definition) is 1. The summed E-state index contributed by atoms with van der Waals surface area (Å²) < 4.78 is 12.8. The molecule has 1 N–H and O–H groups in total. The largest absolute Gasteiger partial charge is 0.311 e. The van der Waals surface area contributed by atoms with Gasteiger partial charge in [-0.25, -0.2) is 9.82 Å². The smallest absolute Gasteiger partial charge is 0.123 e. The molecular formula is C9H11FN2. The lowest BCUT2D eigenvalue weighted by Gasteiger charge is -2.28. The zero-order chi connectivity index (χ0) is 8.55. The Bertz CT molecular complexity index is 299. The number of nitrogens with zero attached hydrogens (tertiary/aromatic N) is 1. The van der Waals surface area contributed by atoms with E-state index in [4.69, 9.17) is 0 Å². The van der Waals surface area contributed by atoms with Crippen molar-refractivity contribution in [1.82, 2.24) is 5.43 Å². The molecule has 0 bridgehead atoms. The Hall–Kier alpha value is -1.09. The summed E-state index contributed by atoms with van der Waals surface area (Å²) >= 11 is 0. The van der Waals surface area contributed by atoms with Gasteiger partial charge in [0, 0.05) is 13.6 Å². The molecule has 0 saturated carbocycles. The average molecular weight is 166 g/mol. The minimum absolute atomic E-state index is 0.149. The second-order valence-electron chi connectivity index (χ2n) is 2.99. The van der Waals surface area contributed by atoms with Crippen LogP contribution in [-0.4, -0.2) is 13.6 Å². The van der Waals surface area contributed by atoms with Crippen LogP contribution >= 0.6 is 0 Å². The van der Waals surface area contributed by atoms with Gasteiger partial charge in [0.2, 0.25) is 0 Å². The van der Waals surface area contributed by atoms with E-state index in [1.54, 1.807) is 12.1 Å². The molecule has 0 radical (unpaired) electrons. The van der Waals surface area contributed by atoms with E-state index in [2.05, 4.69) is 5.43 Å². The molecule has 64 valence electrons. The molecule has 1 aromatic carbocycles. The Morgan fingerprint density at radius 2 is 2.33 bits per heavy atom. The van der Waals surface area contributed by atoms with Gasteiger partial charge in [0.15, 0.2) is 0 Å². The summed E-state index contributed by atoms with van der Waals surface area (Å²) in [6.45, 7) is 0.882. The van der Waals surface area contributed by atoms with Crippen LogP contribution in [0.2, 0.25) is 0 Å². The number of halogens is 1. The predicted octanol–water partition coefficient (Wildman–Crippen LogP) is 1.32. The SMILES string of the molecule is CN1NCCc2cc(F)ccc21. The van der Waals surface area contributed by atoms with Crippen molar-refractivity contribution in [2.24, 2.45) is 0 Å². The number of nitrogens with one attached hydrogen (secondary N) is 1. The Labute approximate surface area is 71.0 Å². The number of hydrazine groups is 1. The molecule has 1 aromatic rings. The summed E-state index contributed by atoms with van der Waals surface area (Å²) in [5, 5.41) is 1.93. The zero-order valence-corrected chi connectivity index (χ0v) is 6.97. The maximum atomic E-state index is 12.8. The van der Waals surface area contributed by atoms with E-state index in [9.17, 15) is 4.39 Å². The van der Waals surface area contributed by atoms with E-state index in [1.165, 1.54) is 6.07 Å². The van der Waals surface area contributed by atoms with Crippen molar-refractivity contribution in [3.63, 3.8) is 0 Å². The van der Waals surface area contributed by atoms with Gasteiger partial charge in [-0.15, -0.1) is 0 Å². The quantitative estimate of drug-likeness (QED) is 0.625. The predicted molar refractivity (Wildman–Crippen MR) is 46.5 cm³/mol. The zero-order valence-electron chi connectivity index (χ0n) is 6.97. The van der Waals surface area contributed by atoms with Gasteiger partial charge in [-0.2, -0.15) is 0 Å². The van der Waals surface area contributed by atoms with Crippen molar-refractivity contribution in [3.05, 3.63) is 29.6 Å². The number of fused-ring (bicyclic) bond motifs is 1. The molecule has 0 atom stereocenters. The highest BCUT2D eigenvalue weighted by Gasteiger charge is 2.12. The lowest BCUT2D eigenvalue weighted by Crippen LogP contribution is -2.40. The molecule has 0 spiro atoms. The van der Waals surface area contributed by atoms with Crippen molar-refractivity contribution in [2.45, 2.75) is 6.42 Å². The van der Waals surface area contributed by atoms with Crippen LogP contribution in [-0.2, 0) is 6.42 Å². The molecule has 0 fully saturated rings. The molecule has 1 aliphatic rings. The molecule has 0 aliphatic carbocycles. The first-order valence-electron chi connectivity index (χ1n) is 4.03. The maximum Gasteiger partial charge on any atom is 0.123 e. The minimum atomic E-state index is -0.149. The maximum absolute atomic E-state index is 12.8. The molecule has 0 aromatic heterocycles. The summed E-state index contributed by atoms with van der Waals surface area (Å²) in [4.78, 5) is 0. The van der Waals surface area contributed by atoms with Crippen molar-refractivity contribution in [1.29, 1.82) is 0 Å². The van der Waals surface area contributed by atoms with E-state index in [1.807, 2.05) is 12.1 Å². The fourth-order valence-corrected chi connectivity index (χ4v) is 1.52. The number of benzene rings is 1. The topological polar surface area (TPSA) is 15.3 Å². The normalized spacial score (nSPS) is 16.0. The molecule has 0 unspecified atom stereocenters. The van der Waals surface area contributed by atoms with Crippen LogP contribution < -0.4 is 10.4 Å². The van der Waals surface area contributed by atoms with Crippen LogP contribution in [0.4, 0.5) is 10.1 Å². The Balaban J connectivity index is 2.46. The molecule has 3 heteroatoms. The molecule has 0 amide bonds.